The maximum absolute atomic E-state index is 7.04. The van der Waals surface area contributed by atoms with Crippen LogP contribution in [0.2, 0.25) is 0 Å². The highest BCUT2D eigenvalue weighted by atomic mass is 16.3. The lowest BCUT2D eigenvalue weighted by molar-refractivity contribution is 0.665. The molecule has 0 amide bonds. The Balaban J connectivity index is 1.04. The highest BCUT2D eigenvalue weighted by Gasteiger charge is 2.49. The van der Waals surface area contributed by atoms with E-state index in [-0.39, 0.29) is 0 Å². The van der Waals surface area contributed by atoms with Gasteiger partial charge in [0, 0.05) is 44.0 Å². The van der Waals surface area contributed by atoms with E-state index in [9.17, 15) is 0 Å². The van der Waals surface area contributed by atoms with Crippen LogP contribution in [-0.4, -0.2) is 0 Å². The zero-order valence-electron chi connectivity index (χ0n) is 43.6. The molecule has 0 bridgehead atoms. The summed E-state index contributed by atoms with van der Waals surface area (Å²) in [5.41, 5.74) is 18.5. The first-order chi connectivity index (χ1) is 39.1. The molecule has 0 fully saturated rings. The number of fused-ring (bicyclic) bond motifs is 16. The summed E-state index contributed by atoms with van der Waals surface area (Å²) in [7, 11) is 0. The predicted molar refractivity (Wildman–Crippen MR) is 330 cm³/mol. The van der Waals surface area contributed by atoms with Crippen LogP contribution in [0, 0.1) is 13.8 Å². The smallest absolute Gasteiger partial charge is 0.159 e. The topological polar surface area (TPSA) is 32.8 Å². The minimum absolute atomic E-state index is 0.794. The van der Waals surface area contributed by atoms with Gasteiger partial charge in [-0.25, -0.2) is 0 Å². The second-order valence-corrected chi connectivity index (χ2v) is 21.1. The van der Waals surface area contributed by atoms with Gasteiger partial charge < -0.3 is 18.6 Å². The van der Waals surface area contributed by atoms with Crippen molar-refractivity contribution in [1.82, 2.24) is 0 Å². The van der Waals surface area contributed by atoms with Crippen LogP contribution >= 0.6 is 0 Å². The van der Waals surface area contributed by atoms with Gasteiger partial charge in [0.25, 0.3) is 0 Å². The summed E-state index contributed by atoms with van der Waals surface area (Å²) in [6.45, 7) is 4.26. The fourth-order valence-electron chi connectivity index (χ4n) is 13.6. The molecule has 13 aromatic carbocycles. The lowest BCUT2D eigenvalue weighted by Crippen LogP contribution is -2.29. The van der Waals surface area contributed by atoms with E-state index >= 15 is 0 Å². The van der Waals surface area contributed by atoms with Gasteiger partial charge in [0.15, 0.2) is 11.2 Å². The summed E-state index contributed by atoms with van der Waals surface area (Å²) >= 11 is 0. The number of hydrogen-bond donors (Lipinski definition) is 0. The summed E-state index contributed by atoms with van der Waals surface area (Å²) in [5, 5.41) is 11.5. The quantitative estimate of drug-likeness (QED) is 0.142. The molecule has 1 aliphatic rings. The molecule has 0 radical (unpaired) electrons. The molecular weight excluding hydrogens is 961 g/mol. The summed E-state index contributed by atoms with van der Waals surface area (Å²) in [6.07, 6.45) is 0. The Hall–Kier alpha value is -10.2. The SMILES string of the molecule is Cc1cccc2c1oc1c(N(c3ccccc3)c3ccc4c5c(c6ccccc6c4c3)-c3c(cc(N(c4ccccc4)c4cccc6c4oc4c(C)cccc46)c4ccccc34)C5(c3ccccc3)c3ccccc3)cccc12. The molecule has 0 spiro atoms. The van der Waals surface area contributed by atoms with Crippen molar-refractivity contribution >= 4 is 110 Å². The average molecular weight is 1010 g/mol. The Morgan fingerprint density at radius 1 is 0.278 bits per heavy atom. The molecule has 15 aromatic rings. The number of nitrogens with zero attached hydrogens (tertiary/aromatic N) is 2. The monoisotopic (exact) mass is 1010 g/mol. The van der Waals surface area contributed by atoms with Gasteiger partial charge in [-0.15, -0.1) is 0 Å². The van der Waals surface area contributed by atoms with Gasteiger partial charge in [-0.3, -0.25) is 0 Å². The molecule has 372 valence electrons. The Kier molecular flexibility index (Phi) is 9.95. The third-order valence-corrected chi connectivity index (χ3v) is 16.9. The molecule has 0 N–H and O–H groups in total. The minimum Gasteiger partial charge on any atom is -0.454 e. The fraction of sp³-hybridized carbons (Fsp3) is 0.0400. The second kappa shape index (κ2) is 17.4. The van der Waals surface area contributed by atoms with Crippen LogP contribution in [-0.2, 0) is 5.41 Å². The summed E-state index contributed by atoms with van der Waals surface area (Å²) in [4.78, 5) is 4.82. The first-order valence-corrected chi connectivity index (χ1v) is 27.2. The average Bonchev–Trinajstić information content (AvgIpc) is 4.31. The van der Waals surface area contributed by atoms with Crippen molar-refractivity contribution in [3.8, 4) is 11.1 Å². The Morgan fingerprint density at radius 2 is 0.709 bits per heavy atom. The maximum Gasteiger partial charge on any atom is 0.159 e. The minimum atomic E-state index is -0.794. The fourth-order valence-corrected chi connectivity index (χ4v) is 13.6. The van der Waals surface area contributed by atoms with Gasteiger partial charge >= 0.3 is 0 Å². The largest absolute Gasteiger partial charge is 0.454 e. The molecule has 4 nitrogen and oxygen atoms in total. The Morgan fingerprint density at radius 3 is 1.27 bits per heavy atom. The van der Waals surface area contributed by atoms with Crippen molar-refractivity contribution in [2.24, 2.45) is 0 Å². The number of benzene rings is 13. The van der Waals surface area contributed by atoms with Gasteiger partial charge in [-0.2, -0.15) is 0 Å². The van der Waals surface area contributed by atoms with Crippen LogP contribution < -0.4 is 9.80 Å². The van der Waals surface area contributed by atoms with Crippen molar-refractivity contribution in [2.75, 3.05) is 9.80 Å². The van der Waals surface area contributed by atoms with E-state index in [4.69, 9.17) is 8.83 Å². The molecule has 2 aromatic heterocycles. The van der Waals surface area contributed by atoms with Crippen LogP contribution in [0.4, 0.5) is 34.1 Å². The molecule has 0 aliphatic heterocycles. The molecule has 0 saturated carbocycles. The van der Waals surface area contributed by atoms with Crippen molar-refractivity contribution in [3.63, 3.8) is 0 Å². The van der Waals surface area contributed by atoms with Gasteiger partial charge in [0.2, 0.25) is 0 Å². The van der Waals surface area contributed by atoms with Gasteiger partial charge in [-0.1, -0.05) is 212 Å². The molecule has 16 rings (SSSR count). The van der Waals surface area contributed by atoms with E-state index in [1.807, 2.05) is 0 Å². The van der Waals surface area contributed by atoms with E-state index in [2.05, 4.69) is 291 Å². The highest BCUT2D eigenvalue weighted by molar-refractivity contribution is 6.24. The lowest BCUT2D eigenvalue weighted by atomic mass is 9.66. The van der Waals surface area contributed by atoms with Crippen molar-refractivity contribution in [3.05, 3.63) is 300 Å². The van der Waals surface area contributed by atoms with Crippen molar-refractivity contribution < 1.29 is 8.83 Å². The van der Waals surface area contributed by atoms with E-state index < -0.39 is 5.41 Å². The summed E-state index contributed by atoms with van der Waals surface area (Å²) in [6, 6.07) is 97.9. The highest BCUT2D eigenvalue weighted by Crippen LogP contribution is 2.64. The van der Waals surface area contributed by atoms with Gasteiger partial charge in [-0.05, 0) is 140 Å². The van der Waals surface area contributed by atoms with E-state index in [1.165, 1.54) is 60.3 Å². The Labute approximate surface area is 457 Å². The summed E-state index contributed by atoms with van der Waals surface area (Å²) in [5.74, 6) is 0. The number of para-hydroxylation sites is 6. The number of hydrogen-bond acceptors (Lipinski definition) is 4. The van der Waals surface area contributed by atoms with Crippen LogP contribution in [0.3, 0.4) is 0 Å². The molecular formula is C75H50N2O2. The third kappa shape index (κ3) is 6.49. The van der Waals surface area contributed by atoms with Crippen LogP contribution in [0.5, 0.6) is 0 Å². The number of rotatable bonds is 8. The second-order valence-electron chi connectivity index (χ2n) is 21.1. The molecule has 0 atom stereocenters. The van der Waals surface area contributed by atoms with Crippen molar-refractivity contribution in [2.45, 2.75) is 19.3 Å². The number of aryl methyl sites for hydroxylation is 2. The molecule has 2 heterocycles. The first-order valence-electron chi connectivity index (χ1n) is 27.2. The molecule has 0 saturated heterocycles. The van der Waals surface area contributed by atoms with E-state index in [1.54, 1.807) is 0 Å². The van der Waals surface area contributed by atoms with Crippen LogP contribution in [0.25, 0.3) is 87.3 Å². The molecule has 0 unspecified atom stereocenters. The van der Waals surface area contributed by atoms with E-state index in [0.717, 1.165) is 94.5 Å². The normalized spacial score (nSPS) is 12.8. The molecule has 1 aliphatic carbocycles. The zero-order chi connectivity index (χ0) is 52.3. The standard InChI is InChI=1S/C75H50N2O2/c1-47-23-19-37-59-61-39-21-41-65(73(61)78-71(47)59)76(51-29-11-5-12-30-51)53-43-44-58-63(45-53)54-33-15-17-35-56(54)69-68-57-36-18-16-34-55(57)67(46-64(68)75(70(58)69,49-25-7-3-8-26-49)50-27-9-4-10-28-50)77(52-31-13-6-14-32-52)66-42-22-40-62-60-38-20-24-48(2)72(60)79-74(62)66/h3-46H,1-2H3. The number of furan rings is 2. The Bertz CT molecular complexity index is 4880. The maximum atomic E-state index is 7.04. The van der Waals surface area contributed by atoms with Gasteiger partial charge in [0.1, 0.15) is 11.2 Å². The molecule has 4 heteroatoms. The lowest BCUT2D eigenvalue weighted by Gasteiger charge is -2.36. The zero-order valence-corrected chi connectivity index (χ0v) is 43.6. The summed E-state index contributed by atoms with van der Waals surface area (Å²) < 4.78 is 14.0. The number of anilines is 6. The third-order valence-electron chi connectivity index (χ3n) is 16.9. The van der Waals surface area contributed by atoms with Crippen molar-refractivity contribution in [1.29, 1.82) is 0 Å². The first kappa shape index (κ1) is 45.1. The van der Waals surface area contributed by atoms with E-state index in [0.29, 0.717) is 0 Å². The predicted octanol–water partition coefficient (Wildman–Crippen LogP) is 20.9. The van der Waals surface area contributed by atoms with Crippen LogP contribution in [0.15, 0.2) is 276 Å². The molecule has 79 heavy (non-hydrogen) atoms. The van der Waals surface area contributed by atoms with Gasteiger partial charge in [0.05, 0.1) is 22.5 Å². The van der Waals surface area contributed by atoms with Crippen LogP contribution in [0.1, 0.15) is 33.4 Å².